The molecule has 1 amide bonds. The van der Waals surface area contributed by atoms with E-state index in [0.29, 0.717) is 6.07 Å². The number of halogens is 4. The number of carbonyl (C=O) groups is 1. The molecule has 0 radical (unpaired) electrons. The molecule has 4 rings (SSSR count). The number of fused-ring (bicyclic) bond motifs is 1. The summed E-state index contributed by atoms with van der Waals surface area (Å²) in [5.74, 6) is -1.71. The molecule has 0 fully saturated rings. The third-order valence-corrected chi connectivity index (χ3v) is 5.71. The van der Waals surface area contributed by atoms with Crippen molar-refractivity contribution in [3.63, 3.8) is 0 Å². The van der Waals surface area contributed by atoms with Gasteiger partial charge in [-0.2, -0.15) is 23.4 Å². The lowest BCUT2D eigenvalue weighted by molar-refractivity contribution is -0.137. The number of alkyl halides is 3. The Morgan fingerprint density at radius 3 is 2.59 bits per heavy atom. The zero-order chi connectivity index (χ0) is 24.8. The zero-order valence-electron chi connectivity index (χ0n) is 17.5. The van der Waals surface area contributed by atoms with Gasteiger partial charge in [0.2, 0.25) is 5.91 Å². The van der Waals surface area contributed by atoms with Gasteiger partial charge in [-0.1, -0.05) is 0 Å². The molecule has 0 aliphatic carbocycles. The van der Waals surface area contributed by atoms with Crippen LogP contribution in [0.15, 0.2) is 39.4 Å². The monoisotopic (exact) mass is 494 g/mol. The highest BCUT2D eigenvalue weighted by Gasteiger charge is 2.31. The summed E-state index contributed by atoms with van der Waals surface area (Å²) in [4.78, 5) is 41.3. The molecule has 0 unspecified atom stereocenters. The third-order valence-electron chi connectivity index (χ3n) is 4.96. The number of anilines is 1. The molecule has 176 valence electrons. The average molecular weight is 494 g/mol. The summed E-state index contributed by atoms with van der Waals surface area (Å²) in [6.07, 6.45) is -3.88. The van der Waals surface area contributed by atoms with E-state index in [1.165, 1.54) is 30.2 Å². The first-order valence-electron chi connectivity index (χ1n) is 9.49. The summed E-state index contributed by atoms with van der Waals surface area (Å²) in [6, 6.07) is 2.04. The maximum atomic E-state index is 13.7. The second-order valence-electron chi connectivity index (χ2n) is 7.25. The van der Waals surface area contributed by atoms with Crippen molar-refractivity contribution >= 4 is 33.3 Å². The summed E-state index contributed by atoms with van der Waals surface area (Å²) in [5.41, 5.74) is -2.20. The van der Waals surface area contributed by atoms with Crippen LogP contribution in [0, 0.1) is 5.82 Å². The number of rotatable bonds is 4. The molecule has 0 aliphatic heterocycles. The van der Waals surface area contributed by atoms with Crippen molar-refractivity contribution in [2.75, 3.05) is 5.32 Å². The van der Waals surface area contributed by atoms with E-state index in [9.17, 15) is 31.9 Å². The fourth-order valence-electron chi connectivity index (χ4n) is 3.29. The van der Waals surface area contributed by atoms with Gasteiger partial charge in [0.05, 0.1) is 40.5 Å². The van der Waals surface area contributed by atoms with Crippen LogP contribution in [0.4, 0.5) is 22.7 Å². The normalized spacial score (nSPS) is 11.7. The molecule has 3 aromatic heterocycles. The molecule has 0 spiro atoms. The summed E-state index contributed by atoms with van der Waals surface area (Å²) in [7, 11) is 2.74. The highest BCUT2D eigenvalue weighted by atomic mass is 32.1. The van der Waals surface area contributed by atoms with Gasteiger partial charge < -0.3 is 5.32 Å². The Kier molecular flexibility index (Phi) is 5.77. The van der Waals surface area contributed by atoms with Crippen LogP contribution in [0.1, 0.15) is 11.3 Å². The second kappa shape index (κ2) is 8.44. The number of benzene rings is 1. The molecule has 9 nitrogen and oxygen atoms in total. The van der Waals surface area contributed by atoms with Gasteiger partial charge in [0.1, 0.15) is 5.82 Å². The Balaban J connectivity index is 1.60. The number of aryl methyl sites for hydroxylation is 1. The molecule has 14 heteroatoms. The largest absolute Gasteiger partial charge is 0.416 e. The first-order chi connectivity index (χ1) is 16.0. The number of thiazole rings is 1. The Labute approximate surface area is 191 Å². The third kappa shape index (κ3) is 4.31. The number of amides is 1. The molecular weight excluding hydrogens is 480 g/mol. The fraction of sp³-hybridized carbons (Fsp3) is 0.200. The maximum Gasteiger partial charge on any atom is 0.416 e. The highest BCUT2D eigenvalue weighted by molar-refractivity contribution is 7.14. The van der Waals surface area contributed by atoms with E-state index in [1.54, 1.807) is 0 Å². The van der Waals surface area contributed by atoms with E-state index in [4.69, 9.17) is 0 Å². The molecule has 1 N–H and O–H groups in total. The van der Waals surface area contributed by atoms with Crippen molar-refractivity contribution in [2.24, 2.45) is 14.1 Å². The van der Waals surface area contributed by atoms with Crippen molar-refractivity contribution in [1.82, 2.24) is 24.3 Å². The standard InChI is InChI=1S/C20H14F4N6O3S/c1-29-14-7-25-28-12(16(14)17(32)30(2)19(29)33)6-15(31)27-18-26-13(8-34-18)9-3-10(20(22,23)24)5-11(21)4-9/h3-5,7-8H,6H2,1-2H3,(H,26,27,31). The molecule has 0 bridgehead atoms. The molecular formula is C20H14F4N6O3S. The van der Waals surface area contributed by atoms with Gasteiger partial charge in [-0.3, -0.25) is 18.7 Å². The van der Waals surface area contributed by atoms with Crippen molar-refractivity contribution in [3.05, 3.63) is 67.7 Å². The first-order valence-corrected chi connectivity index (χ1v) is 10.4. The van der Waals surface area contributed by atoms with E-state index < -0.39 is 34.7 Å². The Morgan fingerprint density at radius 2 is 1.88 bits per heavy atom. The van der Waals surface area contributed by atoms with E-state index in [2.05, 4.69) is 20.5 Å². The topological polar surface area (TPSA) is 112 Å². The van der Waals surface area contributed by atoms with Crippen molar-refractivity contribution in [1.29, 1.82) is 0 Å². The zero-order valence-corrected chi connectivity index (χ0v) is 18.3. The van der Waals surface area contributed by atoms with Crippen LogP contribution < -0.4 is 16.6 Å². The van der Waals surface area contributed by atoms with Gasteiger partial charge >= 0.3 is 11.9 Å². The molecule has 3 heterocycles. The number of carbonyl (C=O) groups excluding carboxylic acids is 1. The lowest BCUT2D eigenvalue weighted by Gasteiger charge is -2.09. The Morgan fingerprint density at radius 1 is 1.15 bits per heavy atom. The lowest BCUT2D eigenvalue weighted by atomic mass is 10.1. The number of nitrogens with one attached hydrogen (secondary N) is 1. The van der Waals surface area contributed by atoms with Crippen molar-refractivity contribution in [2.45, 2.75) is 12.6 Å². The minimum Gasteiger partial charge on any atom is -0.302 e. The van der Waals surface area contributed by atoms with Gasteiger partial charge in [-0.15, -0.1) is 11.3 Å². The maximum absolute atomic E-state index is 13.7. The Hall–Kier alpha value is -3.94. The molecule has 0 saturated carbocycles. The van der Waals surface area contributed by atoms with Crippen LogP contribution in [0.25, 0.3) is 22.2 Å². The predicted octanol–water partition coefficient (Wildman–Crippen LogP) is 2.49. The fourth-order valence-corrected chi connectivity index (χ4v) is 4.03. The van der Waals surface area contributed by atoms with Crippen LogP contribution in [0.2, 0.25) is 0 Å². The minimum atomic E-state index is -4.73. The average Bonchev–Trinajstić information content (AvgIpc) is 3.23. The number of aromatic nitrogens is 5. The van der Waals surface area contributed by atoms with Crippen LogP contribution in [0.3, 0.4) is 0 Å². The Bertz CT molecular complexity index is 1560. The quantitative estimate of drug-likeness (QED) is 0.437. The highest BCUT2D eigenvalue weighted by Crippen LogP contribution is 2.34. The molecule has 0 aliphatic rings. The molecule has 4 aromatic rings. The summed E-state index contributed by atoms with van der Waals surface area (Å²) in [5, 5.41) is 11.5. The summed E-state index contributed by atoms with van der Waals surface area (Å²) < 4.78 is 54.7. The first kappa shape index (κ1) is 23.2. The molecule has 34 heavy (non-hydrogen) atoms. The van der Waals surface area contributed by atoms with Crippen LogP contribution in [-0.4, -0.2) is 30.2 Å². The smallest absolute Gasteiger partial charge is 0.302 e. The number of nitrogens with zero attached hydrogens (tertiary/aromatic N) is 5. The van der Waals surface area contributed by atoms with Crippen LogP contribution >= 0.6 is 11.3 Å². The predicted molar refractivity (Wildman–Crippen MR) is 115 cm³/mol. The van der Waals surface area contributed by atoms with E-state index in [-0.39, 0.29) is 39.4 Å². The van der Waals surface area contributed by atoms with Crippen molar-refractivity contribution < 1.29 is 22.4 Å². The lowest BCUT2D eigenvalue weighted by Crippen LogP contribution is -2.37. The van der Waals surface area contributed by atoms with Crippen molar-refractivity contribution in [3.8, 4) is 11.3 Å². The summed E-state index contributed by atoms with van der Waals surface area (Å²) in [6.45, 7) is 0. The summed E-state index contributed by atoms with van der Waals surface area (Å²) >= 11 is 0.922. The number of hydrogen-bond donors (Lipinski definition) is 1. The van der Waals surface area contributed by atoms with Gasteiger partial charge in [0.25, 0.3) is 5.56 Å². The van der Waals surface area contributed by atoms with E-state index in [0.717, 1.165) is 28.0 Å². The molecule has 1 aromatic carbocycles. The minimum absolute atomic E-state index is 0.0305. The number of hydrogen-bond acceptors (Lipinski definition) is 7. The SMILES string of the molecule is Cn1c(=O)c2c(CC(=O)Nc3nc(-c4cc(F)cc(C(F)(F)F)c4)cs3)nncc2n(C)c1=O. The molecule has 0 saturated heterocycles. The van der Waals surface area contributed by atoms with Gasteiger partial charge in [0, 0.05) is 25.0 Å². The van der Waals surface area contributed by atoms with Crippen LogP contribution in [0.5, 0.6) is 0 Å². The second-order valence-corrected chi connectivity index (χ2v) is 8.10. The van der Waals surface area contributed by atoms with Gasteiger partial charge in [-0.05, 0) is 18.2 Å². The van der Waals surface area contributed by atoms with E-state index >= 15 is 0 Å². The molecule has 0 atom stereocenters. The van der Waals surface area contributed by atoms with Gasteiger partial charge in [-0.25, -0.2) is 14.2 Å². The van der Waals surface area contributed by atoms with Gasteiger partial charge in [0.15, 0.2) is 5.13 Å². The van der Waals surface area contributed by atoms with Crippen LogP contribution in [-0.2, 0) is 31.5 Å². The van der Waals surface area contributed by atoms with E-state index in [1.807, 2.05) is 0 Å².